The van der Waals surface area contributed by atoms with Crippen LogP contribution < -0.4 is 10.6 Å². The fourth-order valence-electron chi connectivity index (χ4n) is 2.27. The quantitative estimate of drug-likeness (QED) is 0.714. The van der Waals surface area contributed by atoms with Crippen molar-refractivity contribution in [3.05, 3.63) is 31.8 Å². The van der Waals surface area contributed by atoms with Crippen molar-refractivity contribution in [2.24, 2.45) is 5.41 Å². The van der Waals surface area contributed by atoms with Crippen LogP contribution >= 0.6 is 38.5 Å². The molecule has 0 unspecified atom stereocenters. The van der Waals surface area contributed by atoms with Gasteiger partial charge in [0.1, 0.15) is 0 Å². The summed E-state index contributed by atoms with van der Waals surface area (Å²) in [6.45, 7) is 5.07. The van der Waals surface area contributed by atoms with Crippen LogP contribution in [0.5, 0.6) is 0 Å². The zero-order chi connectivity index (χ0) is 13.9. The van der Waals surface area contributed by atoms with Crippen LogP contribution in [0.1, 0.15) is 30.1 Å². The van der Waals surface area contributed by atoms with Crippen LogP contribution in [-0.4, -0.2) is 25.5 Å². The fraction of sp³-hybridized carbons (Fsp3) is 0.500. The Balaban J connectivity index is 1.99. The van der Waals surface area contributed by atoms with Gasteiger partial charge in [-0.15, -0.1) is 0 Å². The molecule has 2 rings (SSSR count). The van der Waals surface area contributed by atoms with Crippen molar-refractivity contribution in [1.82, 2.24) is 10.6 Å². The van der Waals surface area contributed by atoms with Crippen LogP contribution in [-0.2, 0) is 0 Å². The van der Waals surface area contributed by atoms with Gasteiger partial charge in [-0.25, -0.2) is 0 Å². The van der Waals surface area contributed by atoms with Gasteiger partial charge in [-0.05, 0) is 88.1 Å². The molecule has 5 heteroatoms. The lowest BCUT2D eigenvalue weighted by molar-refractivity contribution is 0.0921. The van der Waals surface area contributed by atoms with E-state index in [0.717, 1.165) is 40.5 Å². The Morgan fingerprint density at radius 2 is 2.16 bits per heavy atom. The third-order valence-corrected chi connectivity index (χ3v) is 5.02. The number of piperidine rings is 1. The van der Waals surface area contributed by atoms with Crippen molar-refractivity contribution in [3.63, 3.8) is 0 Å². The van der Waals surface area contributed by atoms with Gasteiger partial charge >= 0.3 is 0 Å². The highest BCUT2D eigenvalue weighted by atomic mass is 127. The van der Waals surface area contributed by atoms with Gasteiger partial charge < -0.3 is 10.6 Å². The van der Waals surface area contributed by atoms with Gasteiger partial charge in [0.2, 0.25) is 0 Å². The largest absolute Gasteiger partial charge is 0.351 e. The average Bonchev–Trinajstić information content (AvgIpc) is 2.40. The van der Waals surface area contributed by atoms with Crippen LogP contribution in [0.4, 0.5) is 0 Å². The van der Waals surface area contributed by atoms with Crippen molar-refractivity contribution in [3.8, 4) is 0 Å². The second kappa shape index (κ2) is 6.54. The molecule has 1 amide bonds. The molecule has 1 aliphatic heterocycles. The predicted octanol–water partition coefficient (Wildman–Crippen LogP) is 3.17. The van der Waals surface area contributed by atoms with E-state index in [9.17, 15) is 4.79 Å². The van der Waals surface area contributed by atoms with Gasteiger partial charge in [-0.1, -0.05) is 6.92 Å². The zero-order valence-corrected chi connectivity index (χ0v) is 14.7. The van der Waals surface area contributed by atoms with E-state index < -0.39 is 0 Å². The summed E-state index contributed by atoms with van der Waals surface area (Å²) in [5, 5.41) is 6.43. The summed E-state index contributed by atoms with van der Waals surface area (Å²) in [6, 6.07) is 5.81. The maximum absolute atomic E-state index is 12.2. The molecule has 2 N–H and O–H groups in total. The van der Waals surface area contributed by atoms with Crippen LogP contribution in [0.2, 0.25) is 0 Å². The van der Waals surface area contributed by atoms with Gasteiger partial charge in [0.15, 0.2) is 0 Å². The van der Waals surface area contributed by atoms with E-state index in [-0.39, 0.29) is 11.3 Å². The molecule has 3 nitrogen and oxygen atoms in total. The number of nitrogens with one attached hydrogen (secondary N) is 2. The molecular formula is C14H18BrIN2O. The van der Waals surface area contributed by atoms with Crippen LogP contribution in [0, 0.1) is 8.99 Å². The monoisotopic (exact) mass is 436 g/mol. The molecule has 0 aliphatic carbocycles. The molecule has 1 heterocycles. The highest BCUT2D eigenvalue weighted by molar-refractivity contribution is 14.1. The van der Waals surface area contributed by atoms with E-state index in [0.29, 0.717) is 5.56 Å². The van der Waals surface area contributed by atoms with E-state index in [1.807, 2.05) is 18.2 Å². The Bertz CT molecular complexity index is 473. The Hall–Kier alpha value is -0.140. The minimum absolute atomic E-state index is 0.00477. The summed E-state index contributed by atoms with van der Waals surface area (Å²) >= 11 is 5.66. The molecule has 1 aliphatic rings. The van der Waals surface area contributed by atoms with Crippen molar-refractivity contribution < 1.29 is 4.79 Å². The Morgan fingerprint density at radius 3 is 2.84 bits per heavy atom. The smallest absolute Gasteiger partial charge is 0.252 e. The number of benzene rings is 1. The number of carbonyl (C=O) groups is 1. The number of amides is 1. The van der Waals surface area contributed by atoms with Crippen LogP contribution in [0.3, 0.4) is 0 Å². The third-order valence-electron chi connectivity index (χ3n) is 3.66. The lowest BCUT2D eigenvalue weighted by atomic mass is 9.81. The maximum Gasteiger partial charge on any atom is 0.252 e. The standard InChI is InChI=1S/C14H18BrIN2O/c1-14(4-6-17-7-5-14)9-18-13(19)11-8-10(16)2-3-12(11)15/h2-3,8,17H,4-7,9H2,1H3,(H,18,19). The summed E-state index contributed by atoms with van der Waals surface area (Å²) in [5.41, 5.74) is 0.930. The SMILES string of the molecule is CC1(CNC(=O)c2cc(I)ccc2Br)CCNCC1. The summed E-state index contributed by atoms with van der Waals surface area (Å²) in [4.78, 5) is 12.2. The lowest BCUT2D eigenvalue weighted by Gasteiger charge is -2.34. The van der Waals surface area contributed by atoms with Crippen molar-refractivity contribution in [2.45, 2.75) is 19.8 Å². The molecule has 0 radical (unpaired) electrons. The van der Waals surface area contributed by atoms with E-state index in [1.54, 1.807) is 0 Å². The zero-order valence-electron chi connectivity index (χ0n) is 10.9. The molecule has 104 valence electrons. The highest BCUT2D eigenvalue weighted by Gasteiger charge is 2.27. The number of hydrogen-bond acceptors (Lipinski definition) is 2. The first kappa shape index (κ1) is 15.3. The van der Waals surface area contributed by atoms with E-state index in [2.05, 4.69) is 56.1 Å². The van der Waals surface area contributed by atoms with Gasteiger partial charge in [0.25, 0.3) is 5.91 Å². The third kappa shape index (κ3) is 4.16. The number of carbonyl (C=O) groups excluding carboxylic acids is 1. The fourth-order valence-corrected chi connectivity index (χ4v) is 3.19. The van der Waals surface area contributed by atoms with E-state index >= 15 is 0 Å². The maximum atomic E-state index is 12.2. The molecule has 1 saturated heterocycles. The Labute approximate surface area is 136 Å². The summed E-state index contributed by atoms with van der Waals surface area (Å²) in [5.74, 6) is 0.00477. The molecule has 19 heavy (non-hydrogen) atoms. The molecule has 0 bridgehead atoms. The van der Waals surface area contributed by atoms with Gasteiger partial charge in [-0.3, -0.25) is 4.79 Å². The molecular weight excluding hydrogens is 419 g/mol. The minimum Gasteiger partial charge on any atom is -0.351 e. The molecule has 1 aromatic rings. The van der Waals surface area contributed by atoms with E-state index in [4.69, 9.17) is 0 Å². The number of rotatable bonds is 3. The molecule has 1 fully saturated rings. The molecule has 0 saturated carbocycles. The lowest BCUT2D eigenvalue weighted by Crippen LogP contribution is -2.42. The first-order valence-electron chi connectivity index (χ1n) is 6.44. The van der Waals surface area contributed by atoms with Crippen molar-refractivity contribution in [1.29, 1.82) is 0 Å². The first-order valence-corrected chi connectivity index (χ1v) is 8.31. The minimum atomic E-state index is 0.00477. The number of halogens is 2. The second-order valence-corrected chi connectivity index (χ2v) is 7.47. The summed E-state index contributed by atoms with van der Waals surface area (Å²) in [7, 11) is 0. The Kier molecular flexibility index (Phi) is 5.25. The molecule has 0 spiro atoms. The van der Waals surface area contributed by atoms with Crippen LogP contribution in [0.25, 0.3) is 0 Å². The van der Waals surface area contributed by atoms with Gasteiger partial charge in [-0.2, -0.15) is 0 Å². The second-order valence-electron chi connectivity index (χ2n) is 5.37. The average molecular weight is 437 g/mol. The van der Waals surface area contributed by atoms with Crippen LogP contribution in [0.15, 0.2) is 22.7 Å². The molecule has 0 aromatic heterocycles. The first-order chi connectivity index (χ1) is 9.00. The predicted molar refractivity (Wildman–Crippen MR) is 89.4 cm³/mol. The Morgan fingerprint density at radius 1 is 1.47 bits per heavy atom. The number of hydrogen-bond donors (Lipinski definition) is 2. The molecule has 1 aromatic carbocycles. The van der Waals surface area contributed by atoms with Crippen molar-refractivity contribution in [2.75, 3.05) is 19.6 Å². The van der Waals surface area contributed by atoms with E-state index in [1.165, 1.54) is 0 Å². The van der Waals surface area contributed by atoms with Crippen molar-refractivity contribution >= 4 is 44.4 Å². The summed E-state index contributed by atoms with van der Waals surface area (Å²) < 4.78 is 1.92. The normalized spacial score (nSPS) is 18.1. The topological polar surface area (TPSA) is 41.1 Å². The molecule has 0 atom stereocenters. The summed E-state index contributed by atoms with van der Waals surface area (Å²) in [6.07, 6.45) is 2.22. The van der Waals surface area contributed by atoms with Gasteiger partial charge in [0.05, 0.1) is 5.56 Å². The van der Waals surface area contributed by atoms with Gasteiger partial charge in [0, 0.05) is 14.6 Å². The highest BCUT2D eigenvalue weighted by Crippen LogP contribution is 2.27.